The van der Waals surface area contributed by atoms with Crippen LogP contribution in [-0.4, -0.2) is 30.0 Å². The van der Waals surface area contributed by atoms with Gasteiger partial charge in [-0.1, -0.05) is 42.0 Å². The van der Waals surface area contributed by atoms with Crippen LogP contribution in [0.4, 0.5) is 0 Å². The number of thiocarbonyl (C=S) groups is 1. The summed E-state index contributed by atoms with van der Waals surface area (Å²) in [7, 11) is 3.60. The van der Waals surface area contributed by atoms with Crippen LogP contribution in [0.2, 0.25) is 0 Å². The Morgan fingerprint density at radius 3 is 2.38 bits per heavy atom. The predicted molar refractivity (Wildman–Crippen MR) is 88.0 cm³/mol. The zero-order chi connectivity index (χ0) is 15.4. The molecule has 0 radical (unpaired) electrons. The third-order valence-corrected chi connectivity index (χ3v) is 3.43. The van der Waals surface area contributed by atoms with Crippen molar-refractivity contribution in [3.63, 3.8) is 0 Å². The molecule has 0 aliphatic heterocycles. The number of ketones is 1. The van der Waals surface area contributed by atoms with Crippen LogP contribution in [0, 0.1) is 6.92 Å². The van der Waals surface area contributed by atoms with Gasteiger partial charge in [-0.15, -0.1) is 0 Å². The van der Waals surface area contributed by atoms with Gasteiger partial charge in [-0.3, -0.25) is 4.79 Å². The number of rotatable bonds is 3. The highest BCUT2D eigenvalue weighted by atomic mass is 32.1. The predicted octanol–water partition coefficient (Wildman–Crippen LogP) is 3.45. The molecule has 0 atom stereocenters. The molecule has 3 nitrogen and oxygen atoms in total. The lowest BCUT2D eigenvalue weighted by Crippen LogP contribution is -2.25. The number of benzene rings is 2. The quantitative estimate of drug-likeness (QED) is 0.641. The average molecular weight is 299 g/mol. The molecule has 0 saturated carbocycles. The molecule has 2 aromatic carbocycles. The Morgan fingerprint density at radius 1 is 1.10 bits per heavy atom. The molecule has 0 heterocycles. The molecule has 108 valence electrons. The van der Waals surface area contributed by atoms with Gasteiger partial charge in [0.25, 0.3) is 5.17 Å². The summed E-state index contributed by atoms with van der Waals surface area (Å²) in [4.78, 5) is 14.3. The first-order valence-corrected chi connectivity index (χ1v) is 6.99. The molecule has 0 aromatic heterocycles. The highest BCUT2D eigenvalue weighted by Gasteiger charge is 2.16. The second-order valence-electron chi connectivity index (χ2n) is 4.96. The van der Waals surface area contributed by atoms with Crippen molar-refractivity contribution in [3.8, 4) is 5.75 Å². The van der Waals surface area contributed by atoms with E-state index in [0.717, 1.165) is 5.56 Å². The molecular weight excluding hydrogens is 282 g/mol. The normalized spacial score (nSPS) is 10.0. The summed E-state index contributed by atoms with van der Waals surface area (Å²) in [6, 6.07) is 14.6. The number of hydrogen-bond acceptors (Lipinski definition) is 3. The fraction of sp³-hybridized carbons (Fsp3) is 0.176. The molecular formula is C17H17NO2S. The van der Waals surface area contributed by atoms with E-state index in [1.165, 1.54) is 0 Å². The van der Waals surface area contributed by atoms with Gasteiger partial charge in [0, 0.05) is 19.7 Å². The Bertz CT molecular complexity index is 666. The van der Waals surface area contributed by atoms with Crippen molar-refractivity contribution in [2.24, 2.45) is 0 Å². The zero-order valence-electron chi connectivity index (χ0n) is 12.3. The van der Waals surface area contributed by atoms with E-state index in [2.05, 4.69) is 0 Å². The molecule has 2 aromatic rings. The largest absolute Gasteiger partial charge is 0.431 e. The minimum Gasteiger partial charge on any atom is -0.431 e. The number of ether oxygens (including phenoxy) is 1. The molecule has 0 N–H and O–H groups in total. The van der Waals surface area contributed by atoms with Crippen molar-refractivity contribution in [1.82, 2.24) is 4.90 Å². The van der Waals surface area contributed by atoms with E-state index in [1.54, 1.807) is 37.2 Å². The fourth-order valence-electron chi connectivity index (χ4n) is 1.84. The highest BCUT2D eigenvalue weighted by molar-refractivity contribution is 7.80. The van der Waals surface area contributed by atoms with Crippen molar-refractivity contribution in [2.75, 3.05) is 14.1 Å². The fourth-order valence-corrected chi connectivity index (χ4v) is 1.93. The lowest BCUT2D eigenvalue weighted by Gasteiger charge is -2.16. The highest BCUT2D eigenvalue weighted by Crippen LogP contribution is 2.24. The monoisotopic (exact) mass is 299 g/mol. The van der Waals surface area contributed by atoms with E-state index in [-0.39, 0.29) is 5.78 Å². The number of carbonyl (C=O) groups is 1. The first-order chi connectivity index (χ1) is 9.99. The van der Waals surface area contributed by atoms with Crippen LogP contribution in [-0.2, 0) is 0 Å². The Morgan fingerprint density at radius 2 is 1.76 bits per heavy atom. The maximum absolute atomic E-state index is 12.6. The molecule has 0 amide bonds. The summed E-state index contributed by atoms with van der Waals surface area (Å²) in [5, 5.41) is 0.320. The first-order valence-electron chi connectivity index (χ1n) is 6.58. The van der Waals surface area contributed by atoms with Gasteiger partial charge in [0.05, 0.1) is 5.56 Å². The van der Waals surface area contributed by atoms with Gasteiger partial charge in [-0.2, -0.15) is 0 Å². The van der Waals surface area contributed by atoms with Gasteiger partial charge < -0.3 is 9.64 Å². The van der Waals surface area contributed by atoms with Crippen LogP contribution >= 0.6 is 12.2 Å². The van der Waals surface area contributed by atoms with Gasteiger partial charge >= 0.3 is 0 Å². The van der Waals surface area contributed by atoms with Crippen molar-refractivity contribution in [2.45, 2.75) is 6.92 Å². The molecule has 0 saturated heterocycles. The maximum atomic E-state index is 12.6. The van der Waals surface area contributed by atoms with E-state index in [1.807, 2.05) is 37.3 Å². The molecule has 0 aliphatic carbocycles. The van der Waals surface area contributed by atoms with E-state index in [9.17, 15) is 4.79 Å². The SMILES string of the molecule is Cc1ccc(OC(=S)N(C)C)c(C(=O)c2ccccc2)c1. The Balaban J connectivity index is 2.40. The second-order valence-corrected chi connectivity index (χ2v) is 5.31. The number of aryl methyl sites for hydroxylation is 1. The number of nitrogens with zero attached hydrogens (tertiary/aromatic N) is 1. The molecule has 4 heteroatoms. The summed E-state index contributed by atoms with van der Waals surface area (Å²) in [6.07, 6.45) is 0. The average Bonchev–Trinajstić information content (AvgIpc) is 2.49. The van der Waals surface area contributed by atoms with Crippen molar-refractivity contribution >= 4 is 23.2 Å². The summed E-state index contributed by atoms with van der Waals surface area (Å²) in [5.41, 5.74) is 2.14. The van der Waals surface area contributed by atoms with Crippen molar-refractivity contribution in [1.29, 1.82) is 0 Å². The lowest BCUT2D eigenvalue weighted by atomic mass is 10.0. The second kappa shape index (κ2) is 6.50. The lowest BCUT2D eigenvalue weighted by molar-refractivity contribution is 0.103. The minimum absolute atomic E-state index is 0.0733. The van der Waals surface area contributed by atoms with Gasteiger partial charge in [-0.25, -0.2) is 0 Å². The first kappa shape index (κ1) is 15.2. The van der Waals surface area contributed by atoms with Gasteiger partial charge in [0.15, 0.2) is 5.78 Å². The van der Waals surface area contributed by atoms with Crippen molar-refractivity contribution < 1.29 is 9.53 Å². The van der Waals surface area contributed by atoms with Crippen LogP contribution in [0.25, 0.3) is 0 Å². The molecule has 21 heavy (non-hydrogen) atoms. The smallest absolute Gasteiger partial charge is 0.264 e. The minimum atomic E-state index is -0.0733. The molecule has 0 bridgehead atoms. The van der Waals surface area contributed by atoms with E-state index < -0.39 is 0 Å². The number of hydrogen-bond donors (Lipinski definition) is 0. The van der Waals surface area contributed by atoms with Gasteiger partial charge in [-0.05, 0) is 31.3 Å². The molecule has 0 unspecified atom stereocenters. The van der Waals surface area contributed by atoms with E-state index in [4.69, 9.17) is 17.0 Å². The van der Waals surface area contributed by atoms with Crippen LogP contribution < -0.4 is 4.74 Å². The summed E-state index contributed by atoms with van der Waals surface area (Å²) < 4.78 is 5.64. The zero-order valence-corrected chi connectivity index (χ0v) is 13.1. The van der Waals surface area contributed by atoms with Crippen LogP contribution in [0.15, 0.2) is 48.5 Å². The van der Waals surface area contributed by atoms with E-state index in [0.29, 0.717) is 22.1 Å². The molecule has 0 fully saturated rings. The standard InChI is InChI=1S/C17H17NO2S/c1-12-9-10-15(20-17(21)18(2)3)14(11-12)16(19)13-7-5-4-6-8-13/h4-11H,1-3H3. The molecule has 0 aliphatic rings. The summed E-state index contributed by atoms with van der Waals surface area (Å²) in [5.74, 6) is 0.406. The van der Waals surface area contributed by atoms with Crippen LogP contribution in [0.1, 0.15) is 21.5 Å². The maximum Gasteiger partial charge on any atom is 0.264 e. The van der Waals surface area contributed by atoms with Crippen LogP contribution in [0.5, 0.6) is 5.75 Å². The topological polar surface area (TPSA) is 29.5 Å². The van der Waals surface area contributed by atoms with Crippen molar-refractivity contribution in [3.05, 3.63) is 65.2 Å². The summed E-state index contributed by atoms with van der Waals surface area (Å²) in [6.45, 7) is 1.94. The van der Waals surface area contributed by atoms with Gasteiger partial charge in [0.2, 0.25) is 0 Å². The Kier molecular flexibility index (Phi) is 4.70. The third-order valence-electron chi connectivity index (χ3n) is 2.98. The van der Waals surface area contributed by atoms with Gasteiger partial charge in [0.1, 0.15) is 5.75 Å². The Hall–Kier alpha value is -2.20. The van der Waals surface area contributed by atoms with E-state index >= 15 is 0 Å². The molecule has 0 spiro atoms. The third kappa shape index (κ3) is 3.67. The van der Waals surface area contributed by atoms with Crippen LogP contribution in [0.3, 0.4) is 0 Å². The summed E-state index contributed by atoms with van der Waals surface area (Å²) >= 11 is 5.15. The Labute approximate surface area is 130 Å². The number of carbonyl (C=O) groups excluding carboxylic acids is 1. The molecule has 2 rings (SSSR count).